The van der Waals surface area contributed by atoms with Gasteiger partial charge in [-0.2, -0.15) is 0 Å². The predicted molar refractivity (Wildman–Crippen MR) is 212 cm³/mol. The fourth-order valence-electron chi connectivity index (χ4n) is 8.80. The van der Waals surface area contributed by atoms with E-state index < -0.39 is 11.6 Å². The van der Waals surface area contributed by atoms with Crippen LogP contribution in [0.2, 0.25) is 0 Å². The molecule has 53 heavy (non-hydrogen) atoms. The summed E-state index contributed by atoms with van der Waals surface area (Å²) in [4.78, 5) is 41.4. The van der Waals surface area contributed by atoms with E-state index in [1.807, 2.05) is 106 Å². The van der Waals surface area contributed by atoms with Gasteiger partial charge >= 0.3 is 0 Å². The van der Waals surface area contributed by atoms with Crippen molar-refractivity contribution in [3.63, 3.8) is 0 Å². The van der Waals surface area contributed by atoms with E-state index in [1.165, 1.54) is 6.42 Å². The van der Waals surface area contributed by atoms with Crippen LogP contribution in [0.25, 0.3) is 32.8 Å². The summed E-state index contributed by atoms with van der Waals surface area (Å²) in [6, 6.07) is 32.4. The first-order valence-electron chi connectivity index (χ1n) is 18.9. The molecule has 1 saturated carbocycles. The van der Waals surface area contributed by atoms with Crippen LogP contribution in [0.1, 0.15) is 99.8 Å². The normalized spacial score (nSPS) is 19.9. The lowest BCUT2D eigenvalue weighted by Crippen LogP contribution is -2.49. The average molecular weight is 705 g/mol. The Labute approximate surface area is 311 Å². The van der Waals surface area contributed by atoms with Gasteiger partial charge in [-0.1, -0.05) is 98.3 Å². The SMILES string of the molecule is C[C@H]1CC[C@H]2[C@H](C1)c1c(c3ccccc3c3nc4ccc(C(=O)N(Cc5ccccc5)C(C(=O)NC(C)(C)C)c5ccccc5)cc4nc13)OC2(C)C. The van der Waals surface area contributed by atoms with Crippen LogP contribution in [0.3, 0.4) is 0 Å². The van der Waals surface area contributed by atoms with Crippen LogP contribution in [-0.4, -0.2) is 37.8 Å². The molecule has 1 aromatic heterocycles. The Kier molecular flexibility index (Phi) is 8.71. The van der Waals surface area contributed by atoms with Crippen molar-refractivity contribution in [2.75, 3.05) is 0 Å². The molecule has 2 amide bonds. The maximum atomic E-state index is 14.9. The number of hydrogen-bond donors (Lipinski definition) is 1. The van der Waals surface area contributed by atoms with Gasteiger partial charge in [-0.3, -0.25) is 9.59 Å². The molecule has 2 aliphatic rings. The first-order valence-corrected chi connectivity index (χ1v) is 18.9. The van der Waals surface area contributed by atoms with Crippen LogP contribution in [0, 0.1) is 11.8 Å². The first kappa shape index (κ1) is 34.8. The summed E-state index contributed by atoms with van der Waals surface area (Å²) in [7, 11) is 0. The molecule has 0 spiro atoms. The zero-order valence-electron chi connectivity index (χ0n) is 31.5. The summed E-state index contributed by atoms with van der Waals surface area (Å²) in [5.74, 6) is 1.66. The van der Waals surface area contributed by atoms with Crippen LogP contribution < -0.4 is 10.1 Å². The summed E-state index contributed by atoms with van der Waals surface area (Å²) >= 11 is 0. The van der Waals surface area contributed by atoms with Crippen molar-refractivity contribution in [3.05, 3.63) is 125 Å². The maximum absolute atomic E-state index is 14.9. The number of hydrogen-bond acceptors (Lipinski definition) is 5. The summed E-state index contributed by atoms with van der Waals surface area (Å²) in [5, 5.41) is 5.23. The van der Waals surface area contributed by atoms with Gasteiger partial charge in [0.05, 0.1) is 22.1 Å². The van der Waals surface area contributed by atoms with Gasteiger partial charge in [-0.05, 0) is 88.6 Å². The van der Waals surface area contributed by atoms with Crippen molar-refractivity contribution >= 4 is 44.7 Å². The lowest BCUT2D eigenvalue weighted by atomic mass is 9.64. The average Bonchev–Trinajstić information content (AvgIpc) is 3.13. The van der Waals surface area contributed by atoms with Gasteiger partial charge in [0.25, 0.3) is 5.91 Å². The second-order valence-electron chi connectivity index (χ2n) is 16.7. The molecule has 1 aliphatic heterocycles. The van der Waals surface area contributed by atoms with Gasteiger partial charge in [-0.25, -0.2) is 9.97 Å². The van der Waals surface area contributed by atoms with Crippen molar-refractivity contribution in [2.24, 2.45) is 11.8 Å². The Morgan fingerprint density at radius 2 is 1.51 bits per heavy atom. The first-order chi connectivity index (χ1) is 25.4. The van der Waals surface area contributed by atoms with Crippen molar-refractivity contribution < 1.29 is 14.3 Å². The van der Waals surface area contributed by atoms with Gasteiger partial charge in [0.15, 0.2) is 0 Å². The molecule has 1 aliphatic carbocycles. The maximum Gasteiger partial charge on any atom is 0.255 e. The highest BCUT2D eigenvalue weighted by molar-refractivity contribution is 6.11. The Balaban J connectivity index is 1.30. The molecule has 8 rings (SSSR count). The molecular weight excluding hydrogens is 657 g/mol. The van der Waals surface area contributed by atoms with E-state index in [0.717, 1.165) is 57.1 Å². The largest absolute Gasteiger partial charge is 0.487 e. The summed E-state index contributed by atoms with van der Waals surface area (Å²) in [6.45, 7) is 12.9. The molecule has 4 atom stereocenters. The molecule has 7 heteroatoms. The van der Waals surface area contributed by atoms with Gasteiger partial charge < -0.3 is 15.0 Å². The fourth-order valence-corrected chi connectivity index (χ4v) is 8.80. The summed E-state index contributed by atoms with van der Waals surface area (Å²) < 4.78 is 6.97. The van der Waals surface area contributed by atoms with Crippen LogP contribution in [0.5, 0.6) is 5.75 Å². The van der Waals surface area contributed by atoms with Crippen molar-refractivity contribution in [1.29, 1.82) is 0 Å². The Morgan fingerprint density at radius 1 is 0.849 bits per heavy atom. The third kappa shape index (κ3) is 6.51. The van der Waals surface area contributed by atoms with E-state index in [-0.39, 0.29) is 29.9 Å². The highest BCUT2D eigenvalue weighted by Crippen LogP contribution is 2.56. The molecule has 0 radical (unpaired) electrons. The smallest absolute Gasteiger partial charge is 0.255 e. The number of fused-ring (bicyclic) bond motifs is 9. The van der Waals surface area contributed by atoms with E-state index in [4.69, 9.17) is 14.7 Å². The van der Waals surface area contributed by atoms with Gasteiger partial charge in [0.1, 0.15) is 17.4 Å². The molecule has 0 bridgehead atoms. The molecule has 270 valence electrons. The minimum absolute atomic E-state index is 0.239. The second-order valence-corrected chi connectivity index (χ2v) is 16.7. The highest BCUT2D eigenvalue weighted by Gasteiger charge is 2.47. The summed E-state index contributed by atoms with van der Waals surface area (Å²) in [5.41, 5.74) is 5.51. The fraction of sp³-hybridized carbons (Fsp3) is 0.348. The topological polar surface area (TPSA) is 84.4 Å². The monoisotopic (exact) mass is 704 g/mol. The number of rotatable bonds is 6. The van der Waals surface area contributed by atoms with E-state index in [9.17, 15) is 9.59 Å². The highest BCUT2D eigenvalue weighted by atomic mass is 16.5. The number of amides is 2. The van der Waals surface area contributed by atoms with Crippen molar-refractivity contribution in [2.45, 2.75) is 90.4 Å². The van der Waals surface area contributed by atoms with Crippen LogP contribution in [0.15, 0.2) is 103 Å². The Morgan fingerprint density at radius 3 is 2.23 bits per heavy atom. The van der Waals surface area contributed by atoms with E-state index in [2.05, 4.69) is 44.3 Å². The molecule has 1 N–H and O–H groups in total. The quantitative estimate of drug-likeness (QED) is 0.138. The number of nitrogens with one attached hydrogen (secondary N) is 1. The van der Waals surface area contributed by atoms with Crippen molar-refractivity contribution in [1.82, 2.24) is 20.2 Å². The van der Waals surface area contributed by atoms with Crippen LogP contribution in [-0.2, 0) is 11.3 Å². The number of nitrogens with zero attached hydrogens (tertiary/aromatic N) is 3. The zero-order valence-corrected chi connectivity index (χ0v) is 31.5. The third-order valence-electron chi connectivity index (χ3n) is 11.2. The molecule has 1 unspecified atom stereocenters. The number of ether oxygens (including phenoxy) is 1. The number of carbonyl (C=O) groups is 2. The zero-order chi connectivity index (χ0) is 37.1. The van der Waals surface area contributed by atoms with E-state index in [1.54, 1.807) is 4.90 Å². The lowest BCUT2D eigenvalue weighted by Gasteiger charge is -2.49. The predicted octanol–water partition coefficient (Wildman–Crippen LogP) is 9.93. The molecule has 6 aromatic rings. The molecule has 2 heterocycles. The Bertz CT molecular complexity index is 2350. The van der Waals surface area contributed by atoms with E-state index >= 15 is 0 Å². The number of benzene rings is 5. The minimum Gasteiger partial charge on any atom is -0.487 e. The number of carbonyl (C=O) groups excluding carboxylic acids is 2. The molecule has 1 fully saturated rings. The van der Waals surface area contributed by atoms with E-state index in [0.29, 0.717) is 28.4 Å². The standard InChI is InChI=1S/C46H48N4O3/c1-28-21-23-35-34(25-28)38-40-39(32-19-13-14-20-33(32)42(38)53-46(35,5)6)47-36-24-22-31(26-37(36)48-40)44(52)50(27-29-15-9-7-10-16-29)41(30-17-11-8-12-18-30)43(51)49-45(2,3)4/h7-20,22,24,26,28,34-35,41H,21,23,25,27H2,1-6H3,(H,49,51)/t28-,34-,35-,41?/m0/s1. The third-order valence-corrected chi connectivity index (χ3v) is 11.2. The molecule has 0 saturated heterocycles. The molecule has 5 aromatic carbocycles. The second kappa shape index (κ2) is 13.3. The lowest BCUT2D eigenvalue weighted by molar-refractivity contribution is -0.127. The number of aromatic nitrogens is 2. The van der Waals surface area contributed by atoms with Crippen molar-refractivity contribution in [3.8, 4) is 5.75 Å². The Hall–Kier alpha value is -5.30. The molecular formula is C46H48N4O3. The van der Waals surface area contributed by atoms with Gasteiger partial charge in [0, 0.05) is 39.9 Å². The van der Waals surface area contributed by atoms with Crippen LogP contribution >= 0.6 is 0 Å². The molecule has 7 nitrogen and oxygen atoms in total. The van der Waals surface area contributed by atoms with Crippen LogP contribution in [0.4, 0.5) is 0 Å². The van der Waals surface area contributed by atoms with Gasteiger partial charge in [0.2, 0.25) is 5.91 Å². The minimum atomic E-state index is -0.870. The summed E-state index contributed by atoms with van der Waals surface area (Å²) in [6.07, 6.45) is 3.36. The van der Waals surface area contributed by atoms with Gasteiger partial charge in [-0.15, -0.1) is 0 Å².